The van der Waals surface area contributed by atoms with Gasteiger partial charge in [-0.05, 0) is 36.6 Å². The van der Waals surface area contributed by atoms with Gasteiger partial charge in [0.1, 0.15) is 31.3 Å². The number of hydrogen-bond acceptors (Lipinski definition) is 5. The Morgan fingerprint density at radius 1 is 1.13 bits per heavy atom. The summed E-state index contributed by atoms with van der Waals surface area (Å²) in [5.41, 5.74) is 0.367. The summed E-state index contributed by atoms with van der Waals surface area (Å²) >= 11 is 0. The molecule has 0 aliphatic heterocycles. The first-order valence-electron chi connectivity index (χ1n) is 7.33. The predicted octanol–water partition coefficient (Wildman–Crippen LogP) is 2.71. The van der Waals surface area contributed by atoms with E-state index in [2.05, 4.69) is 6.58 Å². The third kappa shape index (κ3) is 4.72. The second kappa shape index (κ2) is 8.19. The topological polar surface area (TPSA) is 65.0 Å². The number of esters is 1. The Kier molecular flexibility index (Phi) is 6.00. The van der Waals surface area contributed by atoms with Gasteiger partial charge >= 0.3 is 5.97 Å². The summed E-state index contributed by atoms with van der Waals surface area (Å²) in [6, 6.07) is 11.3. The minimum absolute atomic E-state index is 0.0273. The van der Waals surface area contributed by atoms with Gasteiger partial charge in [0.15, 0.2) is 0 Å². The maximum atomic E-state index is 11.2. The van der Waals surface area contributed by atoms with Gasteiger partial charge in [0.2, 0.25) is 0 Å². The summed E-state index contributed by atoms with van der Waals surface area (Å²) in [4.78, 5) is 11.2. The van der Waals surface area contributed by atoms with Crippen LogP contribution in [0.3, 0.4) is 0 Å². The summed E-state index contributed by atoms with van der Waals surface area (Å²) in [5, 5.41) is 10.8. The number of hydrogen-bond donors (Lipinski definition) is 1. The molecule has 0 aromatic heterocycles. The van der Waals surface area contributed by atoms with Crippen molar-refractivity contribution in [3.63, 3.8) is 0 Å². The van der Waals surface area contributed by atoms with Crippen LogP contribution in [-0.4, -0.2) is 37.5 Å². The second-order valence-corrected chi connectivity index (χ2v) is 4.98. The third-order valence-electron chi connectivity index (χ3n) is 3.09. The first-order chi connectivity index (χ1) is 11.1. The van der Waals surface area contributed by atoms with Gasteiger partial charge in [-0.2, -0.15) is 0 Å². The number of ether oxygens (including phenoxy) is 3. The maximum Gasteiger partial charge on any atom is 0.333 e. The summed E-state index contributed by atoms with van der Waals surface area (Å²) in [6.45, 7) is 5.78. The molecule has 2 aromatic carbocycles. The molecule has 2 aromatic rings. The van der Waals surface area contributed by atoms with E-state index in [-0.39, 0.29) is 26.4 Å². The van der Waals surface area contributed by atoms with Crippen LogP contribution in [0.1, 0.15) is 6.92 Å². The quantitative estimate of drug-likeness (QED) is 0.461. The van der Waals surface area contributed by atoms with Crippen LogP contribution in [0.4, 0.5) is 0 Å². The van der Waals surface area contributed by atoms with E-state index in [0.29, 0.717) is 11.3 Å². The molecule has 0 spiro atoms. The molecule has 0 fully saturated rings. The smallest absolute Gasteiger partial charge is 0.333 e. The van der Waals surface area contributed by atoms with Crippen LogP contribution in [0.5, 0.6) is 11.5 Å². The molecule has 0 saturated heterocycles. The predicted molar refractivity (Wildman–Crippen MR) is 87.8 cm³/mol. The lowest BCUT2D eigenvalue weighted by molar-refractivity contribution is -0.139. The van der Waals surface area contributed by atoms with Crippen molar-refractivity contribution in [2.24, 2.45) is 0 Å². The van der Waals surface area contributed by atoms with Crippen LogP contribution in [0.2, 0.25) is 0 Å². The summed E-state index contributed by atoms with van der Waals surface area (Å²) in [6.07, 6.45) is 0. The number of carbonyl (C=O) groups is 1. The first kappa shape index (κ1) is 16.8. The zero-order valence-corrected chi connectivity index (χ0v) is 13.1. The van der Waals surface area contributed by atoms with Gasteiger partial charge in [-0.3, -0.25) is 0 Å². The Morgan fingerprint density at radius 3 is 2.70 bits per heavy atom. The van der Waals surface area contributed by atoms with E-state index < -0.39 is 5.97 Å². The van der Waals surface area contributed by atoms with Gasteiger partial charge in [-0.25, -0.2) is 4.79 Å². The highest BCUT2D eigenvalue weighted by molar-refractivity contribution is 5.89. The van der Waals surface area contributed by atoms with Crippen molar-refractivity contribution < 1.29 is 24.1 Å². The minimum atomic E-state index is -0.419. The lowest BCUT2D eigenvalue weighted by Gasteiger charge is -2.11. The Morgan fingerprint density at radius 2 is 1.96 bits per heavy atom. The molecule has 0 atom stereocenters. The molecule has 0 amide bonds. The molecule has 23 heavy (non-hydrogen) atoms. The molecule has 122 valence electrons. The van der Waals surface area contributed by atoms with Crippen molar-refractivity contribution in [3.05, 3.63) is 48.6 Å². The fraction of sp³-hybridized carbons (Fsp3) is 0.278. The lowest BCUT2D eigenvalue weighted by Crippen LogP contribution is -2.12. The molecule has 0 bridgehead atoms. The molecular weight excluding hydrogens is 296 g/mol. The van der Waals surface area contributed by atoms with E-state index in [1.165, 1.54) is 0 Å². The average molecular weight is 316 g/mol. The van der Waals surface area contributed by atoms with Crippen molar-refractivity contribution in [3.8, 4) is 11.5 Å². The van der Waals surface area contributed by atoms with Gasteiger partial charge in [0.25, 0.3) is 0 Å². The Labute approximate surface area is 135 Å². The van der Waals surface area contributed by atoms with Crippen molar-refractivity contribution in [1.82, 2.24) is 0 Å². The number of aliphatic hydroxyl groups excluding tert-OH is 1. The van der Waals surface area contributed by atoms with Crippen LogP contribution >= 0.6 is 0 Å². The van der Waals surface area contributed by atoms with E-state index in [1.54, 1.807) is 6.92 Å². The van der Waals surface area contributed by atoms with Gasteiger partial charge in [-0.15, -0.1) is 0 Å². The summed E-state index contributed by atoms with van der Waals surface area (Å²) < 4.78 is 16.0. The molecule has 5 nitrogen and oxygen atoms in total. The fourth-order valence-corrected chi connectivity index (χ4v) is 2.02. The monoisotopic (exact) mass is 316 g/mol. The average Bonchev–Trinajstić information content (AvgIpc) is 2.56. The third-order valence-corrected chi connectivity index (χ3v) is 3.09. The standard InChI is InChI=1S/C18H20O5/c1-13(2)18(20)23-11-10-21-15-6-7-16-14(12-15)4-3-5-17(16)22-9-8-19/h3-7,12,19H,1,8-11H2,2H3. The van der Waals surface area contributed by atoms with Crippen LogP contribution in [-0.2, 0) is 9.53 Å². The van der Waals surface area contributed by atoms with E-state index in [9.17, 15) is 4.79 Å². The van der Waals surface area contributed by atoms with E-state index in [4.69, 9.17) is 19.3 Å². The second-order valence-electron chi connectivity index (χ2n) is 4.98. The van der Waals surface area contributed by atoms with Gasteiger partial charge in [0.05, 0.1) is 6.61 Å². The largest absolute Gasteiger partial charge is 0.491 e. The molecule has 0 unspecified atom stereocenters. The first-order valence-corrected chi connectivity index (χ1v) is 7.33. The highest BCUT2D eigenvalue weighted by Gasteiger charge is 2.05. The molecular formula is C18H20O5. The number of fused-ring (bicyclic) bond motifs is 1. The Hall–Kier alpha value is -2.53. The van der Waals surface area contributed by atoms with E-state index >= 15 is 0 Å². The molecule has 2 rings (SSSR count). The van der Waals surface area contributed by atoms with E-state index in [0.717, 1.165) is 16.5 Å². The number of rotatable bonds is 8. The Bertz CT molecular complexity index is 693. The summed E-state index contributed by atoms with van der Waals surface area (Å²) in [7, 11) is 0. The van der Waals surface area contributed by atoms with Gasteiger partial charge in [0, 0.05) is 11.0 Å². The molecule has 0 radical (unpaired) electrons. The highest BCUT2D eigenvalue weighted by atomic mass is 16.6. The van der Waals surface area contributed by atoms with Gasteiger partial charge in [-0.1, -0.05) is 18.7 Å². The van der Waals surface area contributed by atoms with Crippen molar-refractivity contribution in [2.45, 2.75) is 6.92 Å². The molecule has 0 aliphatic carbocycles. The number of aliphatic hydroxyl groups is 1. The van der Waals surface area contributed by atoms with Crippen LogP contribution in [0, 0.1) is 0 Å². The van der Waals surface area contributed by atoms with Crippen molar-refractivity contribution >= 4 is 16.7 Å². The highest BCUT2D eigenvalue weighted by Crippen LogP contribution is 2.28. The zero-order chi connectivity index (χ0) is 16.7. The van der Waals surface area contributed by atoms with Crippen molar-refractivity contribution in [2.75, 3.05) is 26.4 Å². The maximum absolute atomic E-state index is 11.2. The van der Waals surface area contributed by atoms with Crippen LogP contribution < -0.4 is 9.47 Å². The summed E-state index contributed by atoms with van der Waals surface area (Å²) in [5.74, 6) is 0.986. The molecule has 0 heterocycles. The molecule has 1 N–H and O–H groups in total. The van der Waals surface area contributed by atoms with Crippen LogP contribution in [0.25, 0.3) is 10.8 Å². The van der Waals surface area contributed by atoms with Crippen LogP contribution in [0.15, 0.2) is 48.6 Å². The van der Waals surface area contributed by atoms with Crippen molar-refractivity contribution in [1.29, 1.82) is 0 Å². The SMILES string of the molecule is C=C(C)C(=O)OCCOc1ccc2c(OCCO)cccc2c1. The molecule has 0 saturated carbocycles. The van der Waals surface area contributed by atoms with E-state index in [1.807, 2.05) is 36.4 Å². The Balaban J connectivity index is 1.98. The number of benzene rings is 2. The lowest BCUT2D eigenvalue weighted by atomic mass is 10.1. The molecule has 0 aliphatic rings. The zero-order valence-electron chi connectivity index (χ0n) is 13.1. The minimum Gasteiger partial charge on any atom is -0.491 e. The fourth-order valence-electron chi connectivity index (χ4n) is 2.02. The molecule has 5 heteroatoms. The normalized spacial score (nSPS) is 10.3. The van der Waals surface area contributed by atoms with Gasteiger partial charge < -0.3 is 19.3 Å². The number of carbonyl (C=O) groups excluding carboxylic acids is 1.